The molecule has 0 aromatic heterocycles. The first-order chi connectivity index (χ1) is 10.0. The van der Waals surface area contributed by atoms with Gasteiger partial charge in [-0.05, 0) is 37.5 Å². The summed E-state index contributed by atoms with van der Waals surface area (Å²) in [5.41, 5.74) is 0.400. The molecule has 1 aromatic rings. The van der Waals surface area contributed by atoms with E-state index in [1.807, 2.05) is 31.2 Å². The van der Waals surface area contributed by atoms with Gasteiger partial charge in [-0.15, -0.1) is 12.3 Å². The number of ether oxygens (including phenoxy) is 1. The molecule has 0 bridgehead atoms. The smallest absolute Gasteiger partial charge is 0.315 e. The molecule has 0 amide bonds. The van der Waals surface area contributed by atoms with Crippen molar-refractivity contribution in [2.45, 2.75) is 50.9 Å². The van der Waals surface area contributed by atoms with Crippen LogP contribution in [0.5, 0.6) is 0 Å². The zero-order valence-corrected chi connectivity index (χ0v) is 14.4. The molecule has 1 unspecified atom stereocenters. The SMILES string of the molecule is C#CCCCCCCC(C)(C(=O)OC)c1cccc(Br)c1. The van der Waals surface area contributed by atoms with Crippen LogP contribution in [0.4, 0.5) is 0 Å². The molecule has 0 aliphatic heterocycles. The third-order valence-electron chi connectivity index (χ3n) is 3.85. The Balaban J connectivity index is 2.72. The number of carbonyl (C=O) groups excluding carboxylic acids is 1. The topological polar surface area (TPSA) is 26.3 Å². The molecule has 1 aromatic carbocycles. The highest BCUT2D eigenvalue weighted by atomic mass is 79.9. The lowest BCUT2D eigenvalue weighted by Crippen LogP contribution is -2.33. The van der Waals surface area contributed by atoms with Gasteiger partial charge in [0, 0.05) is 10.9 Å². The summed E-state index contributed by atoms with van der Waals surface area (Å²) in [4.78, 5) is 12.2. The predicted octanol–water partition coefficient (Wildman–Crippen LogP) is 4.85. The van der Waals surface area contributed by atoms with Crippen LogP contribution in [0.2, 0.25) is 0 Å². The summed E-state index contributed by atoms with van der Waals surface area (Å²) in [5, 5.41) is 0. The Morgan fingerprint density at radius 3 is 2.67 bits per heavy atom. The van der Waals surface area contributed by atoms with Crippen LogP contribution in [-0.2, 0) is 14.9 Å². The zero-order valence-electron chi connectivity index (χ0n) is 12.8. The van der Waals surface area contributed by atoms with Crippen LogP contribution in [0.15, 0.2) is 28.7 Å². The van der Waals surface area contributed by atoms with E-state index < -0.39 is 5.41 Å². The number of esters is 1. The second-order valence-electron chi connectivity index (χ2n) is 5.45. The standard InChI is InChI=1S/C18H23BrO2/c1-4-5-6-7-8-9-13-18(2,17(20)21-3)15-11-10-12-16(19)14-15/h1,10-12,14H,5-9,13H2,2-3H3. The van der Waals surface area contributed by atoms with E-state index in [1.165, 1.54) is 7.11 Å². The van der Waals surface area contributed by atoms with Crippen molar-refractivity contribution in [3.63, 3.8) is 0 Å². The first-order valence-electron chi connectivity index (χ1n) is 7.32. The lowest BCUT2D eigenvalue weighted by Gasteiger charge is -2.27. The molecule has 1 rings (SSSR count). The number of unbranched alkanes of at least 4 members (excludes halogenated alkanes) is 4. The number of methoxy groups -OCH3 is 1. The molecule has 1 atom stereocenters. The summed E-state index contributed by atoms with van der Waals surface area (Å²) in [6.07, 6.45) is 11.1. The second-order valence-corrected chi connectivity index (χ2v) is 6.37. The van der Waals surface area contributed by atoms with Crippen LogP contribution in [0.1, 0.15) is 51.0 Å². The number of hydrogen-bond donors (Lipinski definition) is 0. The van der Waals surface area contributed by atoms with Crippen LogP contribution in [0, 0.1) is 12.3 Å². The van der Waals surface area contributed by atoms with Gasteiger partial charge in [0.05, 0.1) is 12.5 Å². The average Bonchev–Trinajstić information content (AvgIpc) is 2.49. The maximum absolute atomic E-state index is 12.2. The van der Waals surface area contributed by atoms with E-state index in [1.54, 1.807) is 0 Å². The van der Waals surface area contributed by atoms with Crippen LogP contribution in [0.3, 0.4) is 0 Å². The molecule has 0 aliphatic rings. The molecular formula is C18H23BrO2. The fraction of sp³-hybridized carbons (Fsp3) is 0.500. The number of benzene rings is 1. The van der Waals surface area contributed by atoms with Crippen molar-refractivity contribution in [3.05, 3.63) is 34.3 Å². The minimum absolute atomic E-state index is 0.177. The van der Waals surface area contributed by atoms with Crippen molar-refractivity contribution >= 4 is 21.9 Å². The van der Waals surface area contributed by atoms with E-state index in [0.717, 1.165) is 48.6 Å². The number of halogens is 1. The van der Waals surface area contributed by atoms with Crippen molar-refractivity contribution in [1.29, 1.82) is 0 Å². The Morgan fingerprint density at radius 1 is 1.33 bits per heavy atom. The Kier molecular flexibility index (Phi) is 7.53. The molecule has 0 radical (unpaired) electrons. The summed E-state index contributed by atoms with van der Waals surface area (Å²) in [5.74, 6) is 2.48. The molecule has 0 aliphatic carbocycles. The largest absolute Gasteiger partial charge is 0.468 e. The molecule has 0 spiro atoms. The number of terminal acetylenes is 1. The molecule has 0 heterocycles. The van der Waals surface area contributed by atoms with Crippen molar-refractivity contribution in [2.24, 2.45) is 0 Å². The van der Waals surface area contributed by atoms with Gasteiger partial charge in [0.25, 0.3) is 0 Å². The van der Waals surface area contributed by atoms with Crippen molar-refractivity contribution in [3.8, 4) is 12.3 Å². The van der Waals surface area contributed by atoms with Gasteiger partial charge >= 0.3 is 5.97 Å². The third kappa shape index (κ3) is 5.21. The molecule has 21 heavy (non-hydrogen) atoms. The second kappa shape index (κ2) is 8.89. The minimum Gasteiger partial charge on any atom is -0.468 e. The van der Waals surface area contributed by atoms with Crippen LogP contribution in [-0.4, -0.2) is 13.1 Å². The summed E-state index contributed by atoms with van der Waals surface area (Å²) >= 11 is 3.47. The predicted molar refractivity (Wildman–Crippen MR) is 90.0 cm³/mol. The zero-order chi connectivity index (χ0) is 15.7. The molecular weight excluding hydrogens is 328 g/mol. The molecule has 0 fully saturated rings. The van der Waals surface area contributed by atoms with Gasteiger partial charge in [0.15, 0.2) is 0 Å². The fourth-order valence-corrected chi connectivity index (χ4v) is 2.88. The van der Waals surface area contributed by atoms with Crippen molar-refractivity contribution in [1.82, 2.24) is 0 Å². The molecule has 0 saturated heterocycles. The monoisotopic (exact) mass is 350 g/mol. The van der Waals surface area contributed by atoms with Gasteiger partial charge in [-0.2, -0.15) is 0 Å². The highest BCUT2D eigenvalue weighted by Crippen LogP contribution is 2.33. The summed E-state index contributed by atoms with van der Waals surface area (Å²) in [6, 6.07) is 7.89. The maximum atomic E-state index is 12.2. The molecule has 3 heteroatoms. The molecule has 0 saturated carbocycles. The molecule has 114 valence electrons. The number of carbonyl (C=O) groups is 1. The quantitative estimate of drug-likeness (QED) is 0.380. The van der Waals surface area contributed by atoms with Crippen LogP contribution < -0.4 is 0 Å². The lowest BCUT2D eigenvalue weighted by atomic mass is 9.78. The minimum atomic E-state index is -0.593. The van der Waals surface area contributed by atoms with E-state index >= 15 is 0 Å². The normalized spacial score (nSPS) is 13.2. The van der Waals surface area contributed by atoms with Gasteiger partial charge in [-0.25, -0.2) is 0 Å². The van der Waals surface area contributed by atoms with Gasteiger partial charge in [0.1, 0.15) is 0 Å². The highest BCUT2D eigenvalue weighted by Gasteiger charge is 2.35. The summed E-state index contributed by atoms with van der Waals surface area (Å²) in [7, 11) is 1.45. The van der Waals surface area contributed by atoms with Gasteiger partial charge in [0.2, 0.25) is 0 Å². The van der Waals surface area contributed by atoms with Gasteiger partial charge < -0.3 is 4.74 Å². The average molecular weight is 351 g/mol. The first kappa shape index (κ1) is 17.8. The summed E-state index contributed by atoms with van der Waals surface area (Å²) < 4.78 is 6.00. The summed E-state index contributed by atoms with van der Waals surface area (Å²) in [6.45, 7) is 1.96. The Bertz CT molecular complexity index is 504. The van der Waals surface area contributed by atoms with E-state index in [4.69, 9.17) is 11.2 Å². The van der Waals surface area contributed by atoms with Gasteiger partial charge in [-0.3, -0.25) is 4.79 Å². The number of hydrogen-bond acceptors (Lipinski definition) is 2. The Labute approximate surface area is 136 Å². The van der Waals surface area contributed by atoms with E-state index in [-0.39, 0.29) is 5.97 Å². The maximum Gasteiger partial charge on any atom is 0.315 e. The molecule has 0 N–H and O–H groups in total. The highest BCUT2D eigenvalue weighted by molar-refractivity contribution is 9.10. The third-order valence-corrected chi connectivity index (χ3v) is 4.34. The van der Waals surface area contributed by atoms with Crippen molar-refractivity contribution < 1.29 is 9.53 Å². The Morgan fingerprint density at radius 2 is 2.05 bits per heavy atom. The lowest BCUT2D eigenvalue weighted by molar-refractivity contribution is -0.147. The van der Waals surface area contributed by atoms with Crippen LogP contribution in [0.25, 0.3) is 0 Å². The van der Waals surface area contributed by atoms with E-state index in [2.05, 4.69) is 21.9 Å². The molecule has 2 nitrogen and oxygen atoms in total. The van der Waals surface area contributed by atoms with E-state index in [0.29, 0.717) is 0 Å². The fourth-order valence-electron chi connectivity index (χ4n) is 2.48. The van der Waals surface area contributed by atoms with Gasteiger partial charge in [-0.1, -0.05) is 47.3 Å². The van der Waals surface area contributed by atoms with Crippen LogP contribution >= 0.6 is 15.9 Å². The Hall–Kier alpha value is -1.27. The van der Waals surface area contributed by atoms with E-state index in [9.17, 15) is 4.79 Å². The van der Waals surface area contributed by atoms with Crippen molar-refractivity contribution in [2.75, 3.05) is 7.11 Å². The first-order valence-corrected chi connectivity index (χ1v) is 8.12. The number of rotatable bonds is 8.